The normalized spacial score (nSPS) is 14.4. The Kier molecular flexibility index (Phi) is 73.7. The molecule has 19 heteroatoms. The zero-order chi connectivity index (χ0) is 76.0. The van der Waals surface area contributed by atoms with Crippen LogP contribution < -0.4 is 0 Å². The highest BCUT2D eigenvalue weighted by Gasteiger charge is 2.30. The van der Waals surface area contributed by atoms with Crippen molar-refractivity contribution >= 4 is 39.5 Å². The molecule has 5 atom stereocenters. The minimum Gasteiger partial charge on any atom is -0.462 e. The van der Waals surface area contributed by atoms with Gasteiger partial charge in [-0.25, -0.2) is 9.13 Å². The topological polar surface area (TPSA) is 237 Å². The summed E-state index contributed by atoms with van der Waals surface area (Å²) in [6.07, 6.45) is 83.6. The molecule has 0 saturated heterocycles. The smallest absolute Gasteiger partial charge is 0.462 e. The fourth-order valence-corrected chi connectivity index (χ4v) is 12.5. The first-order valence-electron chi connectivity index (χ1n) is 41.1. The molecule has 0 aromatic rings. The summed E-state index contributed by atoms with van der Waals surface area (Å²) in [5.41, 5.74) is 0. The van der Waals surface area contributed by atoms with Gasteiger partial charge in [0.25, 0.3) is 0 Å². The van der Waals surface area contributed by atoms with E-state index in [1.807, 2.05) is 24.3 Å². The number of aliphatic hydroxyl groups excluding tert-OH is 1. The van der Waals surface area contributed by atoms with E-state index in [0.717, 1.165) is 116 Å². The van der Waals surface area contributed by atoms with Gasteiger partial charge in [-0.05, 0) is 128 Å². The number of phosphoric ester groups is 2. The van der Waals surface area contributed by atoms with Gasteiger partial charge < -0.3 is 33.8 Å². The summed E-state index contributed by atoms with van der Waals surface area (Å²) in [5.74, 6) is -2.29. The van der Waals surface area contributed by atoms with Crippen molar-refractivity contribution in [2.24, 2.45) is 0 Å². The molecular weight excluding hydrogens is 1350 g/mol. The molecule has 0 aliphatic carbocycles. The Morgan fingerprint density at radius 1 is 0.269 bits per heavy atom. The lowest BCUT2D eigenvalue weighted by Gasteiger charge is -2.21. The quantitative estimate of drug-likeness (QED) is 0.0169. The van der Waals surface area contributed by atoms with E-state index in [1.165, 1.54) is 141 Å². The maximum absolute atomic E-state index is 13.1. The average Bonchev–Trinajstić information content (AvgIpc) is 0.926. The molecule has 104 heavy (non-hydrogen) atoms. The molecule has 3 N–H and O–H groups in total. The predicted octanol–water partition coefficient (Wildman–Crippen LogP) is 24.1. The zero-order valence-electron chi connectivity index (χ0n) is 65.7. The van der Waals surface area contributed by atoms with Gasteiger partial charge in [-0.1, -0.05) is 304 Å². The fourth-order valence-electron chi connectivity index (χ4n) is 10.9. The van der Waals surface area contributed by atoms with Crippen LogP contribution in [0.3, 0.4) is 0 Å². The minimum atomic E-state index is -5.00. The van der Waals surface area contributed by atoms with Crippen LogP contribution in [-0.2, 0) is 65.4 Å². The number of rotatable bonds is 77. The maximum atomic E-state index is 13.1. The van der Waals surface area contributed by atoms with Gasteiger partial charge in [-0.15, -0.1) is 0 Å². The standard InChI is InChI=1S/C85H148O17P2/c1-5-9-13-17-21-25-29-33-37-39-43-46-50-54-58-62-66-70-83(88)96-76-81(102-85(90)72-68-64-60-56-52-48-44-40-38-34-30-26-22-18-14-10-6-2)78-100-104(93,94)98-74-79(86)73-97-103(91,92)99-77-80(101-84(89)71-67-63-59-55-51-47-42-36-32-28-24-20-16-12-8-4)75-95-82(87)69-65-61-57-53-49-45-41-35-31-27-23-19-15-11-7-3/h21-22,25-27,31,33-34,37-38,43-44,46,48,54,56,58,60,79-81,86H,5-20,23-24,28-30,32,35-36,39-42,45,47,49-53,55,57,59,61-78H2,1-4H3,(H,91,92)(H,93,94)/b25-21-,26-22-,31-27-,37-33-,38-34-,46-43-,48-44-,58-54-,60-56-/t79-,80+,81+/m0/s1. The third-order valence-electron chi connectivity index (χ3n) is 17.2. The van der Waals surface area contributed by atoms with E-state index in [0.29, 0.717) is 38.5 Å². The summed E-state index contributed by atoms with van der Waals surface area (Å²) >= 11 is 0. The van der Waals surface area contributed by atoms with Gasteiger partial charge in [0.1, 0.15) is 19.3 Å². The second-order valence-corrected chi connectivity index (χ2v) is 30.3. The van der Waals surface area contributed by atoms with Gasteiger partial charge in [0, 0.05) is 25.7 Å². The van der Waals surface area contributed by atoms with Crippen molar-refractivity contribution in [3.63, 3.8) is 0 Å². The lowest BCUT2D eigenvalue weighted by atomic mass is 10.0. The molecule has 0 aromatic carbocycles. The van der Waals surface area contributed by atoms with Crippen LogP contribution in [0.4, 0.5) is 0 Å². The molecule has 0 saturated carbocycles. The molecule has 0 heterocycles. The third-order valence-corrected chi connectivity index (χ3v) is 19.1. The van der Waals surface area contributed by atoms with E-state index in [1.54, 1.807) is 0 Å². The molecule has 0 spiro atoms. The lowest BCUT2D eigenvalue weighted by molar-refractivity contribution is -0.161. The molecule has 0 bridgehead atoms. The summed E-state index contributed by atoms with van der Waals surface area (Å²) < 4.78 is 68.6. The number of allylic oxidation sites excluding steroid dienone is 18. The zero-order valence-corrected chi connectivity index (χ0v) is 67.5. The van der Waals surface area contributed by atoms with Crippen LogP contribution in [-0.4, -0.2) is 96.7 Å². The second kappa shape index (κ2) is 76.9. The number of unbranched alkanes of at least 4 members (excludes halogenated alkanes) is 33. The Hall–Kier alpha value is -4.28. The van der Waals surface area contributed by atoms with Gasteiger partial charge in [0.05, 0.1) is 26.4 Å². The van der Waals surface area contributed by atoms with Crippen molar-refractivity contribution in [2.45, 2.75) is 367 Å². The molecular formula is C85H148O17P2. The lowest BCUT2D eigenvalue weighted by Crippen LogP contribution is -2.30. The van der Waals surface area contributed by atoms with E-state index in [4.69, 9.17) is 37.0 Å². The molecule has 2 unspecified atom stereocenters. The van der Waals surface area contributed by atoms with Crippen LogP contribution in [0.5, 0.6) is 0 Å². The number of esters is 4. The van der Waals surface area contributed by atoms with E-state index >= 15 is 0 Å². The minimum absolute atomic E-state index is 0.00670. The van der Waals surface area contributed by atoms with Crippen molar-refractivity contribution in [3.8, 4) is 0 Å². The van der Waals surface area contributed by atoms with Crippen LogP contribution >= 0.6 is 15.6 Å². The largest absolute Gasteiger partial charge is 0.472 e. The first-order chi connectivity index (χ1) is 50.7. The molecule has 0 amide bonds. The Balaban J connectivity index is 5.45. The predicted molar refractivity (Wildman–Crippen MR) is 427 cm³/mol. The second-order valence-electron chi connectivity index (χ2n) is 27.4. The molecule has 0 rings (SSSR count). The molecule has 0 aliphatic rings. The highest BCUT2D eigenvalue weighted by molar-refractivity contribution is 7.47. The average molecular weight is 1500 g/mol. The molecule has 600 valence electrons. The molecule has 17 nitrogen and oxygen atoms in total. The van der Waals surface area contributed by atoms with Crippen LogP contribution in [0.1, 0.15) is 349 Å². The summed E-state index contributed by atoms with van der Waals surface area (Å²) in [6, 6.07) is 0. The monoisotopic (exact) mass is 1500 g/mol. The summed E-state index contributed by atoms with van der Waals surface area (Å²) in [7, 11) is -9.99. The SMILES string of the molecule is CCCCC/C=C\C/C=C\C/C=C\C/C=C\CCCC(=O)OC[C@H](COP(=O)(O)OC[C@@H](O)COP(=O)(O)OC[C@@H](COC(=O)CCCCCCCCC/C=C\CCCCCC)OC(=O)CCCCCCCCCCCCCCCCC)OC(=O)CCC/C=C\C/C=C\C/C=C\C/C=C\CCCCC. The maximum Gasteiger partial charge on any atom is 0.472 e. The van der Waals surface area contributed by atoms with Crippen LogP contribution in [0.25, 0.3) is 0 Å². The van der Waals surface area contributed by atoms with E-state index in [-0.39, 0.29) is 25.7 Å². The van der Waals surface area contributed by atoms with Crippen LogP contribution in [0, 0.1) is 0 Å². The number of carbonyl (C=O) groups is 4. The highest BCUT2D eigenvalue weighted by Crippen LogP contribution is 2.45. The van der Waals surface area contributed by atoms with E-state index < -0.39 is 97.5 Å². The number of hydrogen-bond acceptors (Lipinski definition) is 15. The van der Waals surface area contributed by atoms with Gasteiger partial charge in [-0.2, -0.15) is 0 Å². The molecule has 0 fully saturated rings. The van der Waals surface area contributed by atoms with Gasteiger partial charge >= 0.3 is 39.5 Å². The Morgan fingerprint density at radius 2 is 0.481 bits per heavy atom. The van der Waals surface area contributed by atoms with Crippen LogP contribution in [0.2, 0.25) is 0 Å². The van der Waals surface area contributed by atoms with Crippen molar-refractivity contribution in [1.82, 2.24) is 0 Å². The van der Waals surface area contributed by atoms with Crippen molar-refractivity contribution < 1.29 is 80.2 Å². The Labute approximate surface area is 632 Å². The molecule has 0 aromatic heterocycles. The summed E-state index contributed by atoms with van der Waals surface area (Å²) in [4.78, 5) is 73.0. The summed E-state index contributed by atoms with van der Waals surface area (Å²) in [5, 5.41) is 10.6. The Bertz CT molecular complexity index is 2390. The molecule has 0 radical (unpaired) electrons. The first kappa shape index (κ1) is 99.7. The van der Waals surface area contributed by atoms with Crippen molar-refractivity contribution in [3.05, 3.63) is 109 Å². The fraction of sp³-hybridized carbons (Fsp3) is 0.741. The van der Waals surface area contributed by atoms with Crippen molar-refractivity contribution in [2.75, 3.05) is 39.6 Å². The van der Waals surface area contributed by atoms with Crippen molar-refractivity contribution in [1.29, 1.82) is 0 Å². The third kappa shape index (κ3) is 75.9. The molecule has 0 aliphatic heterocycles. The number of phosphoric acid groups is 2. The van der Waals surface area contributed by atoms with Gasteiger partial charge in [-0.3, -0.25) is 37.3 Å². The Morgan fingerprint density at radius 3 is 0.808 bits per heavy atom. The van der Waals surface area contributed by atoms with Crippen LogP contribution in [0.15, 0.2) is 109 Å². The number of ether oxygens (including phenoxy) is 4. The number of hydrogen-bond donors (Lipinski definition) is 3. The number of aliphatic hydroxyl groups is 1. The van der Waals surface area contributed by atoms with Gasteiger partial charge in [0.15, 0.2) is 12.2 Å². The first-order valence-corrected chi connectivity index (χ1v) is 44.1. The summed E-state index contributed by atoms with van der Waals surface area (Å²) in [6.45, 7) is 4.72. The van der Waals surface area contributed by atoms with E-state index in [2.05, 4.69) is 113 Å². The highest BCUT2D eigenvalue weighted by atomic mass is 31.2. The number of carbonyl (C=O) groups excluding carboxylic acids is 4. The van der Waals surface area contributed by atoms with E-state index in [9.17, 15) is 43.2 Å². The van der Waals surface area contributed by atoms with Gasteiger partial charge in [0.2, 0.25) is 0 Å².